The number of carbonyl (C=O) groups is 1. The summed E-state index contributed by atoms with van der Waals surface area (Å²) < 4.78 is 13.1. The summed E-state index contributed by atoms with van der Waals surface area (Å²) in [5.41, 5.74) is 2.26. The van der Waals surface area contributed by atoms with Gasteiger partial charge >= 0.3 is 5.97 Å². The number of rotatable bonds is 3. The van der Waals surface area contributed by atoms with E-state index < -0.39 is 11.9 Å². The summed E-state index contributed by atoms with van der Waals surface area (Å²) in [7, 11) is 0. The van der Waals surface area contributed by atoms with Gasteiger partial charge in [-0.15, -0.1) is 11.3 Å². The summed E-state index contributed by atoms with van der Waals surface area (Å²) in [6.45, 7) is 1.82. The molecule has 1 aromatic heterocycles. The van der Waals surface area contributed by atoms with Crippen LogP contribution in [0.2, 0.25) is 0 Å². The maximum Gasteiger partial charge on any atom is 0.312 e. The number of halogens is 1. The molecule has 2 aromatic rings. The van der Waals surface area contributed by atoms with Crippen LogP contribution in [0.1, 0.15) is 34.9 Å². The Labute approximate surface area is 125 Å². The highest BCUT2D eigenvalue weighted by Gasteiger charge is 2.30. The van der Waals surface area contributed by atoms with Crippen LogP contribution in [0.25, 0.3) is 0 Å². The molecule has 4 nitrogen and oxygen atoms in total. The lowest BCUT2D eigenvalue weighted by Crippen LogP contribution is -2.17. The van der Waals surface area contributed by atoms with Gasteiger partial charge in [0.1, 0.15) is 11.7 Å². The minimum atomic E-state index is -0.814. The van der Waals surface area contributed by atoms with Gasteiger partial charge in [-0.2, -0.15) is 0 Å². The van der Waals surface area contributed by atoms with Crippen LogP contribution >= 0.6 is 11.3 Å². The number of aryl methyl sites for hydroxylation is 2. The number of hydrogen-bond acceptors (Lipinski definition) is 4. The Hall–Kier alpha value is -1.95. The first-order chi connectivity index (χ1) is 10.0. The molecule has 3 rings (SSSR count). The molecular weight excluding hydrogens is 291 g/mol. The first-order valence-corrected chi connectivity index (χ1v) is 7.62. The predicted octanol–water partition coefficient (Wildman–Crippen LogP) is 3.84. The number of aliphatic carboxylic acids is 1. The van der Waals surface area contributed by atoms with E-state index in [1.54, 1.807) is 6.07 Å². The van der Waals surface area contributed by atoms with E-state index in [9.17, 15) is 14.3 Å². The van der Waals surface area contributed by atoms with Crippen LogP contribution in [0.15, 0.2) is 18.2 Å². The molecule has 1 heterocycles. The summed E-state index contributed by atoms with van der Waals surface area (Å²) in [5, 5.41) is 13.1. The molecule has 0 saturated heterocycles. The predicted molar refractivity (Wildman–Crippen MR) is 79.8 cm³/mol. The number of aromatic nitrogens is 1. The second kappa shape index (κ2) is 5.44. The molecule has 1 aromatic carbocycles. The van der Waals surface area contributed by atoms with Crippen LogP contribution in [0, 0.1) is 12.7 Å². The number of thiazole rings is 1. The molecule has 1 atom stereocenters. The topological polar surface area (TPSA) is 62.2 Å². The minimum absolute atomic E-state index is 0.276. The molecule has 0 spiro atoms. The first kappa shape index (κ1) is 14.0. The second-order valence-electron chi connectivity index (χ2n) is 5.19. The van der Waals surface area contributed by atoms with Gasteiger partial charge in [0.2, 0.25) is 0 Å². The van der Waals surface area contributed by atoms with E-state index in [-0.39, 0.29) is 5.82 Å². The molecule has 0 amide bonds. The van der Waals surface area contributed by atoms with E-state index in [0.717, 1.165) is 29.0 Å². The van der Waals surface area contributed by atoms with Crippen molar-refractivity contribution in [1.29, 1.82) is 0 Å². The molecule has 0 aliphatic heterocycles. The molecule has 110 valence electrons. The second-order valence-corrected chi connectivity index (χ2v) is 6.28. The molecule has 1 aliphatic rings. The lowest BCUT2D eigenvalue weighted by Gasteiger charge is -2.16. The van der Waals surface area contributed by atoms with Crippen LogP contribution < -0.4 is 5.32 Å². The van der Waals surface area contributed by atoms with E-state index in [1.165, 1.54) is 23.5 Å². The van der Waals surface area contributed by atoms with E-state index in [2.05, 4.69) is 10.3 Å². The van der Waals surface area contributed by atoms with E-state index in [4.69, 9.17) is 0 Å². The number of nitrogens with zero attached hydrogens (tertiary/aromatic N) is 1. The Morgan fingerprint density at radius 2 is 2.33 bits per heavy atom. The van der Waals surface area contributed by atoms with Gasteiger partial charge < -0.3 is 10.4 Å². The van der Waals surface area contributed by atoms with Crippen molar-refractivity contribution in [3.63, 3.8) is 0 Å². The third-order valence-corrected chi connectivity index (χ3v) is 4.73. The van der Waals surface area contributed by atoms with Crippen molar-refractivity contribution in [2.24, 2.45) is 0 Å². The first-order valence-electron chi connectivity index (χ1n) is 6.80. The van der Waals surface area contributed by atoms with Gasteiger partial charge in [0.25, 0.3) is 0 Å². The Morgan fingerprint density at radius 1 is 1.52 bits per heavy atom. The fraction of sp³-hybridized carbons (Fsp3) is 0.333. The zero-order valence-corrected chi connectivity index (χ0v) is 12.3. The molecular formula is C15H15FN2O2S. The average molecular weight is 306 g/mol. The number of nitrogens with one attached hydrogen (secondary N) is 1. The summed E-state index contributed by atoms with van der Waals surface area (Å²) in [5.74, 6) is -1.59. The number of anilines is 2. The van der Waals surface area contributed by atoms with Crippen LogP contribution in [0.3, 0.4) is 0 Å². The maximum atomic E-state index is 13.1. The van der Waals surface area contributed by atoms with Crippen molar-refractivity contribution in [3.8, 4) is 0 Å². The fourth-order valence-electron chi connectivity index (χ4n) is 2.59. The smallest absolute Gasteiger partial charge is 0.312 e. The van der Waals surface area contributed by atoms with Crippen LogP contribution in [-0.2, 0) is 11.2 Å². The zero-order valence-electron chi connectivity index (χ0n) is 11.5. The quantitative estimate of drug-likeness (QED) is 0.904. The maximum absolute atomic E-state index is 13.1. The molecule has 21 heavy (non-hydrogen) atoms. The average Bonchev–Trinajstić information content (AvgIpc) is 2.83. The van der Waals surface area contributed by atoms with Crippen molar-refractivity contribution in [2.45, 2.75) is 32.1 Å². The molecule has 0 bridgehead atoms. The number of carboxylic acid groups (broad SMARTS) is 1. The fourth-order valence-corrected chi connectivity index (χ4v) is 3.67. The van der Waals surface area contributed by atoms with Crippen molar-refractivity contribution < 1.29 is 14.3 Å². The lowest BCUT2D eigenvalue weighted by molar-refractivity contribution is -0.139. The Bertz CT molecular complexity index is 699. The molecule has 0 saturated carbocycles. The largest absolute Gasteiger partial charge is 0.481 e. The van der Waals surface area contributed by atoms with Gasteiger partial charge in [-0.3, -0.25) is 4.79 Å². The van der Waals surface area contributed by atoms with Crippen LogP contribution in [-0.4, -0.2) is 16.1 Å². The zero-order chi connectivity index (χ0) is 15.0. The number of benzene rings is 1. The third-order valence-electron chi connectivity index (χ3n) is 3.68. The number of carboxylic acids is 1. The Kier molecular flexibility index (Phi) is 3.63. The van der Waals surface area contributed by atoms with Gasteiger partial charge in [0.15, 0.2) is 5.13 Å². The highest BCUT2D eigenvalue weighted by Crippen LogP contribution is 2.37. The summed E-state index contributed by atoms with van der Waals surface area (Å²) >= 11 is 1.48. The van der Waals surface area contributed by atoms with E-state index in [1.807, 2.05) is 6.92 Å². The van der Waals surface area contributed by atoms with Gasteiger partial charge in [-0.05, 0) is 49.9 Å². The Morgan fingerprint density at radius 3 is 3.05 bits per heavy atom. The molecule has 0 fully saturated rings. The van der Waals surface area contributed by atoms with Gasteiger partial charge in [-0.25, -0.2) is 9.37 Å². The van der Waals surface area contributed by atoms with Crippen molar-refractivity contribution in [1.82, 2.24) is 4.98 Å². The normalized spacial score (nSPS) is 17.3. The standard InChI is InChI=1S/C15H15FN2O2S/c1-8-7-9(16)5-6-11(8)17-15-18-13-10(14(19)20)3-2-4-12(13)21-15/h5-7,10H,2-4H2,1H3,(H,17,18)(H,19,20). The van der Waals surface area contributed by atoms with Crippen molar-refractivity contribution >= 4 is 28.1 Å². The molecule has 2 N–H and O–H groups in total. The SMILES string of the molecule is Cc1cc(F)ccc1Nc1nc2c(s1)CCCC2C(=O)O. The van der Waals surface area contributed by atoms with Crippen LogP contribution in [0.4, 0.5) is 15.2 Å². The van der Waals surface area contributed by atoms with Gasteiger partial charge in [-0.1, -0.05) is 0 Å². The monoisotopic (exact) mass is 306 g/mol. The van der Waals surface area contributed by atoms with E-state index in [0.29, 0.717) is 17.2 Å². The van der Waals surface area contributed by atoms with Crippen LogP contribution in [0.5, 0.6) is 0 Å². The highest BCUT2D eigenvalue weighted by molar-refractivity contribution is 7.15. The van der Waals surface area contributed by atoms with Gasteiger partial charge in [0, 0.05) is 10.6 Å². The van der Waals surface area contributed by atoms with Crippen molar-refractivity contribution in [2.75, 3.05) is 5.32 Å². The minimum Gasteiger partial charge on any atom is -0.481 e. The summed E-state index contributed by atoms with van der Waals surface area (Å²) in [6.07, 6.45) is 2.39. The summed E-state index contributed by atoms with van der Waals surface area (Å²) in [6, 6.07) is 4.51. The molecule has 1 aliphatic carbocycles. The molecule has 6 heteroatoms. The molecule has 1 unspecified atom stereocenters. The number of hydrogen-bond donors (Lipinski definition) is 2. The lowest BCUT2D eigenvalue weighted by atomic mass is 9.91. The Balaban J connectivity index is 1.89. The van der Waals surface area contributed by atoms with Gasteiger partial charge in [0.05, 0.1) is 5.69 Å². The van der Waals surface area contributed by atoms with Crippen molar-refractivity contribution in [3.05, 3.63) is 40.2 Å². The summed E-state index contributed by atoms with van der Waals surface area (Å²) in [4.78, 5) is 16.8. The third kappa shape index (κ3) is 2.76. The van der Waals surface area contributed by atoms with E-state index >= 15 is 0 Å². The number of fused-ring (bicyclic) bond motifs is 1. The highest BCUT2D eigenvalue weighted by atomic mass is 32.1. The molecule has 0 radical (unpaired) electrons.